The molecular formula is C13H19ClF2N2OS. The molecule has 114 valence electrons. The largest absolute Gasteiger partial charge is 0.325 e. The maximum absolute atomic E-state index is 12.1. The Kier molecular flexibility index (Phi) is 7.47. The highest BCUT2D eigenvalue weighted by molar-refractivity contribution is 7.99. The third-order valence-electron chi connectivity index (χ3n) is 2.56. The van der Waals surface area contributed by atoms with E-state index in [1.165, 1.54) is 12.1 Å². The van der Waals surface area contributed by atoms with Crippen molar-refractivity contribution < 1.29 is 13.6 Å². The highest BCUT2D eigenvalue weighted by Crippen LogP contribution is 2.26. The van der Waals surface area contributed by atoms with Gasteiger partial charge in [-0.25, -0.2) is 0 Å². The monoisotopic (exact) mass is 324 g/mol. The summed E-state index contributed by atoms with van der Waals surface area (Å²) in [6, 6.07) is 5.60. The van der Waals surface area contributed by atoms with E-state index in [0.29, 0.717) is 22.3 Å². The van der Waals surface area contributed by atoms with E-state index in [-0.39, 0.29) is 23.7 Å². The van der Waals surface area contributed by atoms with Gasteiger partial charge in [-0.3, -0.25) is 4.79 Å². The van der Waals surface area contributed by atoms with Crippen molar-refractivity contribution in [2.24, 2.45) is 11.1 Å². The lowest BCUT2D eigenvalue weighted by Gasteiger charge is -2.25. The van der Waals surface area contributed by atoms with Crippen LogP contribution in [0.3, 0.4) is 0 Å². The van der Waals surface area contributed by atoms with Gasteiger partial charge in [0.2, 0.25) is 5.91 Å². The van der Waals surface area contributed by atoms with Crippen LogP contribution in [0.1, 0.15) is 20.8 Å². The van der Waals surface area contributed by atoms with Gasteiger partial charge < -0.3 is 11.1 Å². The lowest BCUT2D eigenvalue weighted by Crippen LogP contribution is -2.45. The summed E-state index contributed by atoms with van der Waals surface area (Å²) in [6.45, 7) is 5.62. The highest BCUT2D eigenvalue weighted by atomic mass is 35.5. The molecule has 0 aliphatic carbocycles. The summed E-state index contributed by atoms with van der Waals surface area (Å²) in [5, 5.41) is 2.67. The number of thioether (sulfide) groups is 1. The molecule has 0 fully saturated rings. The van der Waals surface area contributed by atoms with Gasteiger partial charge in [-0.2, -0.15) is 8.78 Å². The molecule has 0 aromatic heterocycles. The molecule has 0 saturated heterocycles. The van der Waals surface area contributed by atoms with Crippen molar-refractivity contribution in [3.8, 4) is 0 Å². The van der Waals surface area contributed by atoms with Crippen LogP contribution >= 0.6 is 24.2 Å². The molecule has 1 rings (SSSR count). The SMILES string of the molecule is CC(C)(C)[C@H](N)C(=O)Nc1ccc(SC(F)F)cc1.Cl. The van der Waals surface area contributed by atoms with Crippen molar-refractivity contribution in [2.45, 2.75) is 37.5 Å². The molecular weight excluding hydrogens is 306 g/mol. The van der Waals surface area contributed by atoms with Gasteiger partial charge in [-0.1, -0.05) is 32.5 Å². The Morgan fingerprint density at radius 3 is 2.15 bits per heavy atom. The average molecular weight is 325 g/mol. The second kappa shape index (κ2) is 7.81. The molecule has 0 aliphatic rings. The Morgan fingerprint density at radius 2 is 1.75 bits per heavy atom. The predicted molar refractivity (Wildman–Crippen MR) is 81.6 cm³/mol. The zero-order valence-corrected chi connectivity index (χ0v) is 13.2. The molecule has 0 radical (unpaired) electrons. The fourth-order valence-corrected chi connectivity index (χ4v) is 1.83. The zero-order valence-electron chi connectivity index (χ0n) is 11.5. The lowest BCUT2D eigenvalue weighted by molar-refractivity contribution is -0.119. The maximum atomic E-state index is 12.1. The molecule has 1 atom stereocenters. The molecule has 7 heteroatoms. The second-order valence-electron chi connectivity index (χ2n) is 5.24. The van der Waals surface area contributed by atoms with Crippen LogP contribution in [-0.4, -0.2) is 17.7 Å². The second-order valence-corrected chi connectivity index (χ2v) is 6.30. The first kappa shape index (κ1) is 19.1. The number of hydrogen-bond acceptors (Lipinski definition) is 3. The summed E-state index contributed by atoms with van der Waals surface area (Å²) in [5.74, 6) is -2.74. The molecule has 0 bridgehead atoms. The molecule has 0 unspecified atom stereocenters. The van der Waals surface area contributed by atoms with Crippen molar-refractivity contribution in [2.75, 3.05) is 5.32 Å². The van der Waals surface area contributed by atoms with Crippen LogP contribution in [0.4, 0.5) is 14.5 Å². The van der Waals surface area contributed by atoms with Crippen LogP contribution < -0.4 is 11.1 Å². The van der Waals surface area contributed by atoms with Crippen molar-refractivity contribution in [1.29, 1.82) is 0 Å². The summed E-state index contributed by atoms with van der Waals surface area (Å²) in [7, 11) is 0. The number of benzene rings is 1. The number of halogens is 3. The van der Waals surface area contributed by atoms with Crippen LogP contribution in [0.5, 0.6) is 0 Å². The average Bonchev–Trinajstić information content (AvgIpc) is 2.28. The number of alkyl halides is 2. The molecule has 1 amide bonds. The van der Waals surface area contributed by atoms with E-state index in [4.69, 9.17) is 5.73 Å². The fourth-order valence-electron chi connectivity index (χ4n) is 1.33. The van der Waals surface area contributed by atoms with E-state index < -0.39 is 11.8 Å². The first-order chi connectivity index (χ1) is 8.70. The summed E-state index contributed by atoms with van der Waals surface area (Å²) in [6.07, 6.45) is 0. The van der Waals surface area contributed by atoms with Gasteiger partial charge >= 0.3 is 0 Å². The van der Waals surface area contributed by atoms with Crippen LogP contribution in [0.15, 0.2) is 29.2 Å². The standard InChI is InChI=1S/C13H18F2N2OS.ClH/c1-13(2,3)10(16)11(18)17-8-4-6-9(7-5-8)19-12(14)15;/h4-7,10,12H,16H2,1-3H3,(H,17,18);1H/t10-;/m1./s1. The van der Waals surface area contributed by atoms with Crippen LogP contribution in [-0.2, 0) is 4.79 Å². The fraction of sp³-hybridized carbons (Fsp3) is 0.462. The van der Waals surface area contributed by atoms with Crippen molar-refractivity contribution in [3.05, 3.63) is 24.3 Å². The minimum Gasteiger partial charge on any atom is -0.325 e. The van der Waals surface area contributed by atoms with Crippen molar-refractivity contribution in [3.63, 3.8) is 0 Å². The molecule has 1 aromatic rings. The summed E-state index contributed by atoms with van der Waals surface area (Å²) in [5.41, 5.74) is 6.03. The third kappa shape index (κ3) is 6.07. The first-order valence-electron chi connectivity index (χ1n) is 5.81. The van der Waals surface area contributed by atoms with Crippen LogP contribution in [0.2, 0.25) is 0 Å². The molecule has 3 N–H and O–H groups in total. The van der Waals surface area contributed by atoms with Crippen molar-refractivity contribution >= 4 is 35.8 Å². The molecule has 0 aliphatic heterocycles. The Hall–Kier alpha value is -0.850. The normalized spacial score (nSPS) is 12.8. The minimum absolute atomic E-state index is 0. The molecule has 3 nitrogen and oxygen atoms in total. The predicted octanol–water partition coefficient (Wildman–Crippen LogP) is 3.74. The Bertz CT molecular complexity index is 435. The van der Waals surface area contributed by atoms with Crippen molar-refractivity contribution in [1.82, 2.24) is 0 Å². The van der Waals surface area contributed by atoms with E-state index in [2.05, 4.69) is 5.32 Å². The van der Waals surface area contributed by atoms with Gasteiger partial charge in [0.15, 0.2) is 0 Å². The topological polar surface area (TPSA) is 55.1 Å². The minimum atomic E-state index is -2.45. The van der Waals surface area contributed by atoms with Gasteiger partial charge in [-0.15, -0.1) is 12.4 Å². The van der Waals surface area contributed by atoms with Gasteiger partial charge in [-0.05, 0) is 29.7 Å². The van der Waals surface area contributed by atoms with Gasteiger partial charge in [0.1, 0.15) is 0 Å². The summed E-state index contributed by atoms with van der Waals surface area (Å²) < 4.78 is 24.3. The number of carbonyl (C=O) groups excluding carboxylic acids is 1. The van der Waals surface area contributed by atoms with E-state index >= 15 is 0 Å². The Balaban J connectivity index is 0.00000361. The molecule has 20 heavy (non-hydrogen) atoms. The smallest absolute Gasteiger partial charge is 0.288 e. The van der Waals surface area contributed by atoms with E-state index in [9.17, 15) is 13.6 Å². The number of nitrogens with one attached hydrogen (secondary N) is 1. The summed E-state index contributed by atoms with van der Waals surface area (Å²) in [4.78, 5) is 12.3. The molecule has 1 aromatic carbocycles. The van der Waals surface area contributed by atoms with E-state index in [1.807, 2.05) is 20.8 Å². The Labute approximate surface area is 128 Å². The summed E-state index contributed by atoms with van der Waals surface area (Å²) >= 11 is 0.466. The number of hydrogen-bond donors (Lipinski definition) is 2. The number of rotatable bonds is 4. The number of nitrogens with two attached hydrogens (primary N) is 1. The number of anilines is 1. The number of amides is 1. The van der Waals surface area contributed by atoms with Gasteiger partial charge in [0.25, 0.3) is 5.76 Å². The third-order valence-corrected chi connectivity index (χ3v) is 3.29. The van der Waals surface area contributed by atoms with Crippen LogP contribution in [0, 0.1) is 5.41 Å². The van der Waals surface area contributed by atoms with Crippen LogP contribution in [0.25, 0.3) is 0 Å². The first-order valence-corrected chi connectivity index (χ1v) is 6.69. The Morgan fingerprint density at radius 1 is 1.25 bits per heavy atom. The van der Waals surface area contributed by atoms with Gasteiger partial charge in [0, 0.05) is 10.6 Å². The van der Waals surface area contributed by atoms with E-state index in [1.54, 1.807) is 12.1 Å². The lowest BCUT2D eigenvalue weighted by atomic mass is 9.87. The molecule has 0 heterocycles. The quantitative estimate of drug-likeness (QED) is 0.830. The zero-order chi connectivity index (χ0) is 14.6. The molecule has 0 spiro atoms. The van der Waals surface area contributed by atoms with E-state index in [0.717, 1.165) is 0 Å². The number of carbonyl (C=O) groups is 1. The molecule has 0 saturated carbocycles. The van der Waals surface area contributed by atoms with Gasteiger partial charge in [0.05, 0.1) is 6.04 Å². The maximum Gasteiger partial charge on any atom is 0.288 e. The highest BCUT2D eigenvalue weighted by Gasteiger charge is 2.27.